The summed E-state index contributed by atoms with van der Waals surface area (Å²) in [5, 5.41) is 8.27. The summed E-state index contributed by atoms with van der Waals surface area (Å²) >= 11 is 9.90. The first-order chi connectivity index (χ1) is 21.0. The predicted molar refractivity (Wildman–Crippen MR) is 178 cm³/mol. The first kappa shape index (κ1) is 33.9. The molecule has 10 nitrogen and oxygen atoms in total. The topological polar surface area (TPSA) is 99.0 Å². The Morgan fingerprint density at radius 1 is 1.02 bits per heavy atom. The van der Waals surface area contributed by atoms with E-state index in [1.807, 2.05) is 55.7 Å². The minimum atomic E-state index is -0.232. The highest BCUT2D eigenvalue weighted by atomic mass is 79.9. The number of fused-ring (bicyclic) bond motifs is 2. The Balaban J connectivity index is 0.000000257. The number of piperazine rings is 1. The Labute approximate surface area is 274 Å². The third-order valence-corrected chi connectivity index (χ3v) is 8.49. The molecule has 0 radical (unpaired) electrons. The van der Waals surface area contributed by atoms with Crippen molar-refractivity contribution in [3.05, 3.63) is 86.0 Å². The molecule has 3 aliphatic rings. The van der Waals surface area contributed by atoms with Gasteiger partial charge in [-0.1, -0.05) is 17.7 Å². The zero-order valence-electron chi connectivity index (χ0n) is 26.2. The van der Waals surface area contributed by atoms with E-state index in [4.69, 9.17) is 16.6 Å². The number of urea groups is 1. The molecule has 1 aliphatic carbocycles. The Hall–Kier alpha value is -3.02. The van der Waals surface area contributed by atoms with E-state index < -0.39 is 0 Å². The number of pyridine rings is 1. The molecule has 0 spiro atoms. The Morgan fingerprint density at radius 2 is 1.73 bits per heavy atom. The van der Waals surface area contributed by atoms with Crippen LogP contribution in [0.3, 0.4) is 0 Å². The number of aromatic nitrogens is 3. The summed E-state index contributed by atoms with van der Waals surface area (Å²) in [7, 11) is 1.94. The molecule has 0 saturated carbocycles. The lowest BCUT2D eigenvalue weighted by atomic mass is 9.96. The lowest BCUT2D eigenvalue weighted by molar-refractivity contribution is 0.115. The molecule has 2 aromatic heterocycles. The number of carbonyl (C=O) groups is 1. The number of hydrogen-bond acceptors (Lipinski definition) is 6. The molecule has 4 heterocycles. The van der Waals surface area contributed by atoms with Crippen molar-refractivity contribution >= 4 is 33.6 Å². The van der Waals surface area contributed by atoms with E-state index in [0.29, 0.717) is 13.1 Å². The Kier molecular flexibility index (Phi) is 12.2. The van der Waals surface area contributed by atoms with E-state index >= 15 is 0 Å². The van der Waals surface area contributed by atoms with Gasteiger partial charge in [-0.2, -0.15) is 0 Å². The van der Waals surface area contributed by atoms with Gasteiger partial charge in [-0.05, 0) is 104 Å². The number of halogens is 2. The molecule has 2 aliphatic heterocycles. The second kappa shape index (κ2) is 15.8. The Morgan fingerprint density at radius 3 is 2.30 bits per heavy atom. The van der Waals surface area contributed by atoms with E-state index in [0.717, 1.165) is 67.1 Å². The van der Waals surface area contributed by atoms with Crippen LogP contribution in [0, 0.1) is 4.91 Å². The predicted octanol–water partition coefficient (Wildman–Crippen LogP) is 6.39. The largest absolute Gasteiger partial charge is 0.341 e. The highest BCUT2D eigenvalue weighted by molar-refractivity contribution is 9.10. The SMILES string of the molecule is CC(C)(C)NC(=O)N1CCN(C2c3ccc(Cl)cc3CCc3cc(Br)cnc32)CC1.Cn1ccnc1.O=NN1CCCCC1. The quantitative estimate of drug-likeness (QED) is 0.314. The van der Waals surface area contributed by atoms with Crippen LogP contribution in [0.1, 0.15) is 68.5 Å². The van der Waals surface area contributed by atoms with Crippen molar-refractivity contribution in [2.45, 2.75) is 64.5 Å². The Bertz CT molecular complexity index is 1310. The van der Waals surface area contributed by atoms with Gasteiger partial charge in [0.2, 0.25) is 0 Å². The van der Waals surface area contributed by atoms with Gasteiger partial charge in [0, 0.05) is 79.9 Å². The summed E-state index contributed by atoms with van der Waals surface area (Å²) < 4.78 is 2.90. The molecule has 2 saturated heterocycles. The van der Waals surface area contributed by atoms with Crippen molar-refractivity contribution in [2.75, 3.05) is 39.3 Å². The summed E-state index contributed by atoms with van der Waals surface area (Å²) in [6.07, 6.45) is 12.7. The number of piperidine rings is 1. The fourth-order valence-electron chi connectivity index (χ4n) is 5.65. The van der Waals surface area contributed by atoms with Gasteiger partial charge in [0.25, 0.3) is 0 Å². The number of hydrogen-bond donors (Lipinski definition) is 1. The molecule has 1 atom stereocenters. The van der Waals surface area contributed by atoms with E-state index in [1.54, 1.807) is 17.5 Å². The fraction of sp³-hybridized carbons (Fsp3) is 0.531. The average molecular weight is 688 g/mol. The van der Waals surface area contributed by atoms with Crippen LogP contribution in [0.25, 0.3) is 0 Å². The number of benzene rings is 1. The van der Waals surface area contributed by atoms with Gasteiger partial charge in [0.05, 0.1) is 23.3 Å². The van der Waals surface area contributed by atoms with Crippen molar-refractivity contribution in [1.29, 1.82) is 0 Å². The molecule has 1 N–H and O–H groups in total. The molecule has 238 valence electrons. The van der Waals surface area contributed by atoms with Crippen molar-refractivity contribution in [2.24, 2.45) is 12.3 Å². The smallest absolute Gasteiger partial charge is 0.317 e. The lowest BCUT2D eigenvalue weighted by Crippen LogP contribution is -2.55. The number of carbonyl (C=O) groups excluding carboxylic acids is 1. The second-order valence-corrected chi connectivity index (χ2v) is 13.8. The van der Waals surface area contributed by atoms with E-state index in [1.165, 1.54) is 23.1 Å². The second-order valence-electron chi connectivity index (χ2n) is 12.5. The average Bonchev–Trinajstić information content (AvgIpc) is 3.43. The van der Waals surface area contributed by atoms with Gasteiger partial charge < -0.3 is 14.8 Å². The molecule has 2 fully saturated rings. The summed E-state index contributed by atoms with van der Waals surface area (Å²) in [4.78, 5) is 35.4. The number of nitroso groups, excluding NO2 is 1. The zero-order valence-corrected chi connectivity index (χ0v) is 28.5. The van der Waals surface area contributed by atoms with Crippen LogP contribution in [-0.2, 0) is 19.9 Å². The molecule has 12 heteroatoms. The van der Waals surface area contributed by atoms with Crippen LogP contribution in [0.15, 0.2) is 58.9 Å². The molecule has 6 rings (SSSR count). The molecule has 2 amide bonds. The fourth-order valence-corrected chi connectivity index (χ4v) is 6.22. The lowest BCUT2D eigenvalue weighted by Gasteiger charge is -2.40. The number of aryl methyl sites for hydroxylation is 3. The number of amides is 2. The van der Waals surface area contributed by atoms with Crippen LogP contribution >= 0.6 is 27.5 Å². The van der Waals surface area contributed by atoms with Gasteiger partial charge in [0.1, 0.15) is 0 Å². The maximum Gasteiger partial charge on any atom is 0.317 e. The molecule has 3 aromatic rings. The van der Waals surface area contributed by atoms with E-state index in [2.05, 4.69) is 54.6 Å². The van der Waals surface area contributed by atoms with Crippen molar-refractivity contribution < 1.29 is 4.79 Å². The van der Waals surface area contributed by atoms with Crippen LogP contribution in [-0.4, -0.2) is 80.2 Å². The van der Waals surface area contributed by atoms with Crippen LogP contribution in [0.5, 0.6) is 0 Å². The van der Waals surface area contributed by atoms with Gasteiger partial charge in [0.15, 0.2) is 0 Å². The number of nitrogens with one attached hydrogen (secondary N) is 1. The molecule has 0 bridgehead atoms. The monoisotopic (exact) mass is 686 g/mol. The third-order valence-electron chi connectivity index (χ3n) is 7.82. The third kappa shape index (κ3) is 9.74. The highest BCUT2D eigenvalue weighted by Crippen LogP contribution is 2.38. The molecule has 1 unspecified atom stereocenters. The normalized spacial score (nSPS) is 18.4. The minimum Gasteiger partial charge on any atom is -0.341 e. The zero-order chi connectivity index (χ0) is 31.7. The summed E-state index contributed by atoms with van der Waals surface area (Å²) in [6.45, 7) is 10.8. The maximum atomic E-state index is 12.6. The van der Waals surface area contributed by atoms with Gasteiger partial charge in [-0.15, -0.1) is 4.91 Å². The first-order valence-electron chi connectivity index (χ1n) is 15.3. The van der Waals surface area contributed by atoms with Crippen molar-refractivity contribution in [3.8, 4) is 0 Å². The number of imidazole rings is 1. The first-order valence-corrected chi connectivity index (χ1v) is 16.4. The van der Waals surface area contributed by atoms with Gasteiger partial charge in [-0.25, -0.2) is 9.78 Å². The van der Waals surface area contributed by atoms with Gasteiger partial charge >= 0.3 is 6.03 Å². The minimum absolute atomic E-state index is 0.0117. The van der Waals surface area contributed by atoms with Crippen LogP contribution in [0.2, 0.25) is 5.02 Å². The maximum absolute atomic E-state index is 12.6. The van der Waals surface area contributed by atoms with Crippen molar-refractivity contribution in [3.63, 3.8) is 0 Å². The summed E-state index contributed by atoms with van der Waals surface area (Å²) in [6, 6.07) is 8.51. The number of rotatable bonds is 2. The summed E-state index contributed by atoms with van der Waals surface area (Å²) in [5.74, 6) is 0. The van der Waals surface area contributed by atoms with E-state index in [-0.39, 0.29) is 17.6 Å². The van der Waals surface area contributed by atoms with Crippen LogP contribution < -0.4 is 5.32 Å². The molecular weight excluding hydrogens is 644 g/mol. The van der Waals surface area contributed by atoms with Gasteiger partial charge in [-0.3, -0.25) is 14.9 Å². The van der Waals surface area contributed by atoms with Crippen LogP contribution in [0.4, 0.5) is 4.79 Å². The summed E-state index contributed by atoms with van der Waals surface area (Å²) in [5.41, 5.74) is 4.72. The number of nitrogens with zero attached hydrogens (tertiary/aromatic N) is 7. The molecular formula is C32H44BrClN8O2. The molecule has 1 aromatic carbocycles. The molecule has 44 heavy (non-hydrogen) atoms. The highest BCUT2D eigenvalue weighted by Gasteiger charge is 2.33. The van der Waals surface area contributed by atoms with Crippen molar-refractivity contribution in [1.82, 2.24) is 34.7 Å². The van der Waals surface area contributed by atoms with E-state index in [9.17, 15) is 9.70 Å². The standard InChI is InChI=1S/C23H28BrClN4O.C5H10N2O.C4H6N2/c1-23(2,3)27-22(30)29-10-8-28(9-11-29)21-19-7-6-18(25)13-15(19)4-5-16-12-17(24)14-26-20(16)21;8-6-7-4-2-1-3-5-7;1-6-3-2-5-4-6/h6-7,12-14,21H,4-5,8-11H2,1-3H3,(H,27,30);1-5H2;2-4H,1H3.